The van der Waals surface area contributed by atoms with E-state index in [1.165, 1.54) is 22.9 Å². The fraction of sp³-hybridized carbons (Fsp3) is 0.333. The second-order valence-electron chi connectivity index (χ2n) is 8.22. The van der Waals surface area contributed by atoms with E-state index in [-0.39, 0.29) is 5.56 Å². The lowest BCUT2D eigenvalue weighted by Crippen LogP contribution is -2.49. The highest BCUT2D eigenvalue weighted by Crippen LogP contribution is 2.32. The second kappa shape index (κ2) is 8.07. The van der Waals surface area contributed by atoms with E-state index < -0.39 is 18.0 Å². The number of rotatable bonds is 5. The lowest BCUT2D eigenvalue weighted by Gasteiger charge is -2.39. The third-order valence-electron chi connectivity index (χ3n) is 6.39. The molecule has 162 valence electrons. The van der Waals surface area contributed by atoms with Gasteiger partial charge in [0, 0.05) is 61.6 Å². The van der Waals surface area contributed by atoms with Crippen molar-refractivity contribution in [1.29, 1.82) is 0 Å². The standard InChI is InChI=1S/C24H27N3O4/c1-15-5-4-6-20(16(15)2)26-9-11-27(12-10-26)22(24(30)31)19-14-25(3)21-13-17(23(28)29)7-8-18(19)21/h4-8,13-14,22H,9-12H2,1-3H3,(H,28,29)(H,30,31). The molecule has 1 unspecified atom stereocenters. The van der Waals surface area contributed by atoms with Gasteiger partial charge in [-0.25, -0.2) is 4.79 Å². The van der Waals surface area contributed by atoms with Gasteiger partial charge in [0.1, 0.15) is 6.04 Å². The van der Waals surface area contributed by atoms with Crippen LogP contribution in [0.25, 0.3) is 10.9 Å². The van der Waals surface area contributed by atoms with Crippen molar-refractivity contribution >= 4 is 28.5 Å². The van der Waals surface area contributed by atoms with Crippen molar-refractivity contribution in [3.8, 4) is 0 Å². The predicted octanol–water partition coefficient (Wildman–Crippen LogP) is 3.44. The van der Waals surface area contributed by atoms with Crippen molar-refractivity contribution in [2.24, 2.45) is 7.05 Å². The summed E-state index contributed by atoms with van der Waals surface area (Å²) in [7, 11) is 1.81. The first kappa shape index (κ1) is 20.9. The van der Waals surface area contributed by atoms with Crippen LogP contribution in [-0.2, 0) is 11.8 Å². The van der Waals surface area contributed by atoms with Crippen LogP contribution in [0.2, 0.25) is 0 Å². The number of fused-ring (bicyclic) bond motifs is 1. The van der Waals surface area contributed by atoms with Gasteiger partial charge in [0.2, 0.25) is 0 Å². The van der Waals surface area contributed by atoms with Crippen LogP contribution in [0.1, 0.15) is 33.1 Å². The molecule has 1 atom stereocenters. The molecule has 2 aromatic carbocycles. The van der Waals surface area contributed by atoms with Crippen LogP contribution in [0.4, 0.5) is 5.69 Å². The van der Waals surface area contributed by atoms with E-state index in [4.69, 9.17) is 0 Å². The van der Waals surface area contributed by atoms with Gasteiger partial charge in [0.25, 0.3) is 0 Å². The number of anilines is 1. The molecule has 4 rings (SSSR count). The number of carboxylic acid groups (broad SMARTS) is 2. The number of benzene rings is 2. The van der Waals surface area contributed by atoms with Crippen molar-refractivity contribution in [2.75, 3.05) is 31.1 Å². The molecule has 1 aromatic heterocycles. The SMILES string of the molecule is Cc1cccc(N2CCN(C(C(=O)O)c3cn(C)c4cc(C(=O)O)ccc34)CC2)c1C. The first-order chi connectivity index (χ1) is 14.8. The number of aromatic nitrogens is 1. The minimum atomic E-state index is -0.998. The number of aliphatic carboxylic acids is 1. The van der Waals surface area contributed by atoms with Crippen LogP contribution < -0.4 is 4.90 Å². The summed E-state index contributed by atoms with van der Waals surface area (Å²) < 4.78 is 1.80. The van der Waals surface area contributed by atoms with Gasteiger partial charge >= 0.3 is 11.9 Å². The average molecular weight is 421 g/mol. The Morgan fingerprint density at radius 2 is 1.71 bits per heavy atom. The van der Waals surface area contributed by atoms with Crippen molar-refractivity contribution in [2.45, 2.75) is 19.9 Å². The van der Waals surface area contributed by atoms with E-state index in [9.17, 15) is 19.8 Å². The van der Waals surface area contributed by atoms with Gasteiger partial charge in [0.15, 0.2) is 0 Å². The van der Waals surface area contributed by atoms with E-state index in [0.717, 1.165) is 24.0 Å². The summed E-state index contributed by atoms with van der Waals surface area (Å²) in [6.07, 6.45) is 1.81. The molecule has 0 saturated carbocycles. The summed E-state index contributed by atoms with van der Waals surface area (Å²) >= 11 is 0. The molecule has 0 spiro atoms. The van der Waals surface area contributed by atoms with Crippen molar-refractivity contribution in [3.05, 3.63) is 64.8 Å². The smallest absolute Gasteiger partial charge is 0.335 e. The van der Waals surface area contributed by atoms with Gasteiger partial charge in [-0.3, -0.25) is 9.69 Å². The molecule has 1 saturated heterocycles. The zero-order valence-electron chi connectivity index (χ0n) is 18.0. The third kappa shape index (κ3) is 3.77. The highest BCUT2D eigenvalue weighted by molar-refractivity contribution is 5.96. The zero-order chi connectivity index (χ0) is 22.3. The highest BCUT2D eigenvalue weighted by atomic mass is 16.4. The van der Waals surface area contributed by atoms with Gasteiger partial charge in [-0.05, 0) is 43.2 Å². The molecule has 7 nitrogen and oxygen atoms in total. The molecule has 31 heavy (non-hydrogen) atoms. The molecule has 1 aliphatic heterocycles. The molecule has 0 bridgehead atoms. The van der Waals surface area contributed by atoms with Gasteiger partial charge in [-0.2, -0.15) is 0 Å². The Kier molecular flexibility index (Phi) is 5.45. The van der Waals surface area contributed by atoms with Gasteiger partial charge in [-0.15, -0.1) is 0 Å². The molecule has 2 heterocycles. The first-order valence-corrected chi connectivity index (χ1v) is 10.4. The number of nitrogens with zero attached hydrogens (tertiary/aromatic N) is 3. The van der Waals surface area contributed by atoms with Gasteiger partial charge < -0.3 is 19.7 Å². The summed E-state index contributed by atoms with van der Waals surface area (Å²) in [5.74, 6) is -1.89. The van der Waals surface area contributed by atoms with Crippen molar-refractivity contribution < 1.29 is 19.8 Å². The zero-order valence-corrected chi connectivity index (χ0v) is 18.0. The lowest BCUT2D eigenvalue weighted by molar-refractivity contribution is -0.143. The molecular formula is C24H27N3O4. The Morgan fingerprint density at radius 3 is 2.35 bits per heavy atom. The normalized spacial score (nSPS) is 15.9. The lowest BCUT2D eigenvalue weighted by atomic mass is 10.0. The Labute approximate surface area is 181 Å². The van der Waals surface area contributed by atoms with Gasteiger partial charge in [-0.1, -0.05) is 18.2 Å². The summed E-state index contributed by atoms with van der Waals surface area (Å²) in [5, 5.41) is 20.2. The Bertz CT molecular complexity index is 1160. The molecule has 1 aliphatic rings. The fourth-order valence-electron chi connectivity index (χ4n) is 4.55. The van der Waals surface area contributed by atoms with Crippen molar-refractivity contribution in [3.63, 3.8) is 0 Å². The Morgan fingerprint density at radius 1 is 1.00 bits per heavy atom. The first-order valence-electron chi connectivity index (χ1n) is 10.4. The van der Waals surface area contributed by atoms with Gasteiger partial charge in [0.05, 0.1) is 5.56 Å². The van der Waals surface area contributed by atoms with Crippen LogP contribution in [0.15, 0.2) is 42.6 Å². The maximum absolute atomic E-state index is 12.3. The van der Waals surface area contributed by atoms with Crippen LogP contribution in [0.5, 0.6) is 0 Å². The van der Waals surface area contributed by atoms with Crippen molar-refractivity contribution in [1.82, 2.24) is 9.47 Å². The summed E-state index contributed by atoms with van der Waals surface area (Å²) in [6, 6.07) is 10.4. The molecule has 2 N–H and O–H groups in total. The number of carboxylic acids is 2. The summed E-state index contributed by atoms with van der Waals surface area (Å²) in [6.45, 7) is 7.00. The number of aryl methyl sites for hydroxylation is 2. The minimum absolute atomic E-state index is 0.189. The molecule has 0 radical (unpaired) electrons. The van der Waals surface area contributed by atoms with E-state index in [0.29, 0.717) is 18.7 Å². The minimum Gasteiger partial charge on any atom is -0.480 e. The fourth-order valence-corrected chi connectivity index (χ4v) is 4.55. The molecule has 1 fully saturated rings. The number of aromatic carboxylic acids is 1. The predicted molar refractivity (Wildman–Crippen MR) is 120 cm³/mol. The molecule has 0 aliphatic carbocycles. The monoisotopic (exact) mass is 421 g/mol. The van der Waals surface area contributed by atoms with Crippen LogP contribution in [-0.4, -0.2) is 57.8 Å². The number of piperazine rings is 1. The highest BCUT2D eigenvalue weighted by Gasteiger charge is 2.33. The maximum Gasteiger partial charge on any atom is 0.335 e. The molecular weight excluding hydrogens is 394 g/mol. The molecule has 3 aromatic rings. The Hall–Kier alpha value is -3.32. The number of carbonyl (C=O) groups is 2. The van der Waals surface area contributed by atoms with Crippen LogP contribution in [0.3, 0.4) is 0 Å². The van der Waals surface area contributed by atoms with Crippen LogP contribution in [0, 0.1) is 13.8 Å². The van der Waals surface area contributed by atoms with E-state index in [2.05, 4.69) is 36.9 Å². The summed E-state index contributed by atoms with van der Waals surface area (Å²) in [5.41, 5.74) is 5.32. The van der Waals surface area contributed by atoms with E-state index in [1.54, 1.807) is 16.7 Å². The topological polar surface area (TPSA) is 86.0 Å². The third-order valence-corrected chi connectivity index (χ3v) is 6.39. The van der Waals surface area contributed by atoms with Crippen LogP contribution >= 0.6 is 0 Å². The van der Waals surface area contributed by atoms with E-state index >= 15 is 0 Å². The largest absolute Gasteiger partial charge is 0.480 e. The van der Waals surface area contributed by atoms with E-state index in [1.807, 2.05) is 18.1 Å². The maximum atomic E-state index is 12.3. The Balaban J connectivity index is 1.62. The molecule has 7 heteroatoms. The number of hydrogen-bond acceptors (Lipinski definition) is 4. The molecule has 0 amide bonds. The summed E-state index contributed by atoms with van der Waals surface area (Å²) in [4.78, 5) is 28.0. The average Bonchev–Trinajstić information content (AvgIpc) is 3.06. The number of hydrogen-bond donors (Lipinski definition) is 2. The quantitative estimate of drug-likeness (QED) is 0.656. The second-order valence-corrected chi connectivity index (χ2v) is 8.22.